The van der Waals surface area contributed by atoms with Crippen LogP contribution in [0.15, 0.2) is 54.9 Å². The molecule has 0 amide bonds. The summed E-state index contributed by atoms with van der Waals surface area (Å²) in [6.07, 6.45) is 4.04. The van der Waals surface area contributed by atoms with E-state index in [2.05, 4.69) is 65.1 Å². The maximum absolute atomic E-state index is 4.62. The van der Waals surface area contributed by atoms with Crippen LogP contribution in [-0.2, 0) is 25.3 Å². The molecule has 0 fully saturated rings. The molecule has 2 aromatic carbocycles. The van der Waals surface area contributed by atoms with Crippen molar-refractivity contribution in [2.75, 3.05) is 0 Å². The summed E-state index contributed by atoms with van der Waals surface area (Å²) in [6, 6.07) is 17.8. The fraction of sp³-hybridized carbons (Fsp3) is 0.211. The summed E-state index contributed by atoms with van der Waals surface area (Å²) in [5.74, 6) is 0. The first-order chi connectivity index (χ1) is 10.3. The molecule has 1 spiro atoms. The lowest BCUT2D eigenvalue weighted by atomic mass is 9.76. The zero-order chi connectivity index (χ0) is 14.0. The van der Waals surface area contributed by atoms with Gasteiger partial charge in [0.05, 0.1) is 12.0 Å². The van der Waals surface area contributed by atoms with Crippen molar-refractivity contribution in [3.63, 3.8) is 0 Å². The lowest BCUT2D eigenvalue weighted by Gasteiger charge is -2.26. The van der Waals surface area contributed by atoms with E-state index in [0.717, 1.165) is 12.8 Å². The van der Waals surface area contributed by atoms with Gasteiger partial charge in [0.2, 0.25) is 0 Å². The molecular weight excluding hydrogens is 256 g/mol. The minimum absolute atomic E-state index is 0.101. The Kier molecular flexibility index (Phi) is 1.96. The lowest BCUT2D eigenvalue weighted by Crippen LogP contribution is -2.26. The molecule has 3 aromatic rings. The Bertz CT molecular complexity index is 827. The van der Waals surface area contributed by atoms with Crippen molar-refractivity contribution >= 4 is 0 Å². The molecule has 1 aromatic heterocycles. The average Bonchev–Trinajstić information content (AvgIpc) is 3.15. The average molecular weight is 272 g/mol. The minimum Gasteiger partial charge on any atom is -0.337 e. The normalized spacial score (nSPS) is 16.8. The van der Waals surface area contributed by atoms with Crippen molar-refractivity contribution in [1.29, 1.82) is 0 Å². The van der Waals surface area contributed by atoms with Crippen LogP contribution in [0.2, 0.25) is 0 Å². The van der Waals surface area contributed by atoms with E-state index in [9.17, 15) is 0 Å². The standard InChI is InChI=1S/C19H16N2/c1-21-12-20-17-10-19(11-18(17)21)15-8-4-2-6-13(15)14-7-3-5-9-16(14)19/h2-9,12H,10-11H2,1H3. The third-order valence-corrected chi connectivity index (χ3v) is 5.26. The van der Waals surface area contributed by atoms with Crippen LogP contribution in [0.25, 0.3) is 11.1 Å². The highest BCUT2D eigenvalue weighted by Crippen LogP contribution is 2.54. The molecule has 2 nitrogen and oxygen atoms in total. The van der Waals surface area contributed by atoms with E-state index in [1.165, 1.54) is 33.6 Å². The highest BCUT2D eigenvalue weighted by molar-refractivity contribution is 5.82. The highest BCUT2D eigenvalue weighted by Gasteiger charge is 2.48. The predicted molar refractivity (Wildman–Crippen MR) is 83.3 cm³/mol. The van der Waals surface area contributed by atoms with Gasteiger partial charge >= 0.3 is 0 Å². The lowest BCUT2D eigenvalue weighted by molar-refractivity contribution is 0.546. The van der Waals surface area contributed by atoms with Crippen molar-refractivity contribution in [2.24, 2.45) is 7.05 Å². The summed E-state index contributed by atoms with van der Waals surface area (Å²) >= 11 is 0. The number of hydrogen-bond donors (Lipinski definition) is 0. The first-order valence-electron chi connectivity index (χ1n) is 7.48. The second kappa shape index (κ2) is 3.64. The second-order valence-electron chi connectivity index (χ2n) is 6.28. The summed E-state index contributed by atoms with van der Waals surface area (Å²) in [6.45, 7) is 0. The molecule has 2 heteroatoms. The van der Waals surface area contributed by atoms with Gasteiger partial charge in [-0.15, -0.1) is 0 Å². The quantitative estimate of drug-likeness (QED) is 0.612. The van der Waals surface area contributed by atoms with Gasteiger partial charge in [-0.05, 0) is 22.3 Å². The monoisotopic (exact) mass is 272 g/mol. The Hall–Kier alpha value is -2.35. The molecule has 102 valence electrons. The van der Waals surface area contributed by atoms with E-state index >= 15 is 0 Å². The van der Waals surface area contributed by atoms with Crippen molar-refractivity contribution < 1.29 is 0 Å². The summed E-state index contributed by atoms with van der Waals surface area (Å²) in [4.78, 5) is 4.62. The van der Waals surface area contributed by atoms with Gasteiger partial charge in [0.1, 0.15) is 0 Å². The molecule has 0 N–H and O–H groups in total. The van der Waals surface area contributed by atoms with Crippen LogP contribution in [0.1, 0.15) is 22.5 Å². The number of benzene rings is 2. The molecular formula is C19H16N2. The largest absolute Gasteiger partial charge is 0.337 e. The van der Waals surface area contributed by atoms with Gasteiger partial charge in [-0.2, -0.15) is 0 Å². The molecule has 21 heavy (non-hydrogen) atoms. The zero-order valence-electron chi connectivity index (χ0n) is 12.0. The zero-order valence-corrected chi connectivity index (χ0v) is 12.0. The summed E-state index contributed by atoms with van der Waals surface area (Å²) in [7, 11) is 2.11. The van der Waals surface area contributed by atoms with E-state index in [0.29, 0.717) is 0 Å². The molecule has 2 aliphatic rings. The van der Waals surface area contributed by atoms with Crippen LogP contribution in [0.4, 0.5) is 0 Å². The maximum atomic E-state index is 4.62. The van der Waals surface area contributed by atoms with Gasteiger partial charge in [-0.3, -0.25) is 0 Å². The van der Waals surface area contributed by atoms with Crippen LogP contribution in [0, 0.1) is 0 Å². The molecule has 0 aliphatic heterocycles. The van der Waals surface area contributed by atoms with Crippen LogP contribution in [0.3, 0.4) is 0 Å². The Balaban J connectivity index is 1.82. The van der Waals surface area contributed by atoms with Crippen molar-refractivity contribution in [3.05, 3.63) is 77.4 Å². The molecule has 2 aliphatic carbocycles. The SMILES string of the molecule is Cn1cnc2c1CC1(C2)c2ccccc2-c2ccccc21. The third-order valence-electron chi connectivity index (χ3n) is 5.26. The number of hydrogen-bond acceptors (Lipinski definition) is 1. The Morgan fingerprint density at radius 1 is 0.905 bits per heavy atom. The van der Waals surface area contributed by atoms with E-state index in [-0.39, 0.29) is 5.41 Å². The first-order valence-corrected chi connectivity index (χ1v) is 7.48. The van der Waals surface area contributed by atoms with Gasteiger partial charge in [0.25, 0.3) is 0 Å². The fourth-order valence-corrected chi connectivity index (χ4v) is 4.31. The number of nitrogens with zero attached hydrogens (tertiary/aromatic N) is 2. The van der Waals surface area contributed by atoms with Gasteiger partial charge in [0.15, 0.2) is 0 Å². The molecule has 0 radical (unpaired) electrons. The Morgan fingerprint density at radius 2 is 1.52 bits per heavy atom. The minimum atomic E-state index is 0.101. The fourth-order valence-electron chi connectivity index (χ4n) is 4.31. The van der Waals surface area contributed by atoms with Crippen LogP contribution < -0.4 is 0 Å². The molecule has 0 bridgehead atoms. The first kappa shape index (κ1) is 11.3. The van der Waals surface area contributed by atoms with Crippen LogP contribution >= 0.6 is 0 Å². The van der Waals surface area contributed by atoms with Gasteiger partial charge in [0, 0.05) is 31.0 Å². The number of aromatic nitrogens is 2. The molecule has 5 rings (SSSR count). The number of aryl methyl sites for hydroxylation is 1. The molecule has 1 heterocycles. The Morgan fingerprint density at radius 3 is 2.14 bits per heavy atom. The Labute approximate surface area is 124 Å². The highest BCUT2D eigenvalue weighted by atomic mass is 15.0. The van der Waals surface area contributed by atoms with Gasteiger partial charge in [-0.1, -0.05) is 48.5 Å². The van der Waals surface area contributed by atoms with Gasteiger partial charge in [-0.25, -0.2) is 4.98 Å². The number of imidazole rings is 1. The van der Waals surface area contributed by atoms with Crippen molar-refractivity contribution in [3.8, 4) is 11.1 Å². The molecule has 0 saturated heterocycles. The summed E-state index contributed by atoms with van der Waals surface area (Å²) in [5.41, 5.74) is 8.52. The van der Waals surface area contributed by atoms with E-state index < -0.39 is 0 Å². The predicted octanol–water partition coefficient (Wildman–Crippen LogP) is 3.49. The van der Waals surface area contributed by atoms with Gasteiger partial charge < -0.3 is 4.57 Å². The van der Waals surface area contributed by atoms with Crippen molar-refractivity contribution in [2.45, 2.75) is 18.3 Å². The third kappa shape index (κ3) is 1.26. The van der Waals surface area contributed by atoms with Crippen molar-refractivity contribution in [1.82, 2.24) is 9.55 Å². The topological polar surface area (TPSA) is 17.8 Å². The maximum Gasteiger partial charge on any atom is 0.0949 e. The van der Waals surface area contributed by atoms with E-state index in [1.807, 2.05) is 6.33 Å². The number of rotatable bonds is 0. The second-order valence-corrected chi connectivity index (χ2v) is 6.28. The smallest absolute Gasteiger partial charge is 0.0949 e. The van der Waals surface area contributed by atoms with E-state index in [1.54, 1.807) is 0 Å². The molecule has 0 saturated carbocycles. The van der Waals surface area contributed by atoms with E-state index in [4.69, 9.17) is 0 Å². The van der Waals surface area contributed by atoms with Crippen LogP contribution in [0.5, 0.6) is 0 Å². The molecule has 0 unspecified atom stereocenters. The summed E-state index contributed by atoms with van der Waals surface area (Å²) in [5, 5.41) is 0. The number of fused-ring (bicyclic) bond motifs is 6. The molecule has 0 atom stereocenters. The summed E-state index contributed by atoms with van der Waals surface area (Å²) < 4.78 is 2.19. The van der Waals surface area contributed by atoms with Crippen LogP contribution in [-0.4, -0.2) is 9.55 Å².